The first-order chi connectivity index (χ1) is 7.09. The number of hydrogen-bond donors (Lipinski definition) is 0. The van der Waals surface area contributed by atoms with Gasteiger partial charge in [-0.05, 0) is 56.3 Å². The average molecular weight is 204 g/mol. The molecule has 0 bridgehead atoms. The minimum absolute atomic E-state index is 0.660. The molecule has 1 fully saturated rings. The Labute approximate surface area is 94.5 Å². The van der Waals surface area contributed by atoms with Gasteiger partial charge in [-0.25, -0.2) is 0 Å². The predicted octanol–water partition coefficient (Wildman–Crippen LogP) is 4.58. The van der Waals surface area contributed by atoms with Crippen molar-refractivity contribution in [1.82, 2.24) is 0 Å². The summed E-state index contributed by atoms with van der Waals surface area (Å²) in [4.78, 5) is 0. The second kappa shape index (κ2) is 4.15. The van der Waals surface area contributed by atoms with E-state index in [4.69, 9.17) is 0 Å². The van der Waals surface area contributed by atoms with Gasteiger partial charge in [-0.1, -0.05) is 37.6 Å². The van der Waals surface area contributed by atoms with Crippen LogP contribution in [0.15, 0.2) is 23.8 Å². The zero-order valence-electron chi connectivity index (χ0n) is 10.4. The zero-order chi connectivity index (χ0) is 11.0. The van der Waals surface area contributed by atoms with Crippen LogP contribution in [0.5, 0.6) is 0 Å². The summed E-state index contributed by atoms with van der Waals surface area (Å²) in [5.74, 6) is 3.28. The summed E-state index contributed by atoms with van der Waals surface area (Å²) in [6.45, 7) is 11.2. The normalized spacial score (nSPS) is 40.6. The summed E-state index contributed by atoms with van der Waals surface area (Å²) >= 11 is 0. The summed E-state index contributed by atoms with van der Waals surface area (Å²) in [6.07, 6.45) is 8.10. The molecule has 2 rings (SSSR count). The van der Waals surface area contributed by atoms with E-state index in [9.17, 15) is 0 Å². The van der Waals surface area contributed by atoms with Gasteiger partial charge in [0, 0.05) is 0 Å². The van der Waals surface area contributed by atoms with E-state index in [2.05, 4.69) is 33.4 Å². The maximum Gasteiger partial charge on any atom is -0.00257 e. The van der Waals surface area contributed by atoms with Crippen LogP contribution in [0.4, 0.5) is 0 Å². The van der Waals surface area contributed by atoms with Crippen LogP contribution in [0, 0.1) is 23.7 Å². The van der Waals surface area contributed by atoms with Crippen LogP contribution in [-0.4, -0.2) is 0 Å². The summed E-state index contributed by atoms with van der Waals surface area (Å²) in [6, 6.07) is 0. The summed E-state index contributed by atoms with van der Waals surface area (Å²) < 4.78 is 0. The Morgan fingerprint density at radius 3 is 2.60 bits per heavy atom. The number of hydrogen-bond acceptors (Lipinski definition) is 0. The number of fused-ring (bicyclic) bond motifs is 1. The Morgan fingerprint density at radius 2 is 1.93 bits per heavy atom. The smallest absolute Gasteiger partial charge is 0.00257 e. The molecule has 0 N–H and O–H groups in total. The third-order valence-electron chi connectivity index (χ3n) is 4.55. The predicted molar refractivity (Wildman–Crippen MR) is 66.7 cm³/mol. The summed E-state index contributed by atoms with van der Waals surface area (Å²) in [5.41, 5.74) is 3.11. The van der Waals surface area contributed by atoms with Gasteiger partial charge in [-0.15, -0.1) is 0 Å². The fraction of sp³-hybridized carbons (Fsp3) is 0.733. The lowest BCUT2D eigenvalue weighted by molar-refractivity contribution is 0.384. The Morgan fingerprint density at radius 1 is 1.20 bits per heavy atom. The van der Waals surface area contributed by atoms with Crippen LogP contribution >= 0.6 is 0 Å². The Balaban J connectivity index is 2.27. The van der Waals surface area contributed by atoms with Crippen LogP contribution in [-0.2, 0) is 0 Å². The fourth-order valence-corrected chi connectivity index (χ4v) is 3.38. The second-order valence-electron chi connectivity index (χ2n) is 5.76. The van der Waals surface area contributed by atoms with Gasteiger partial charge in [-0.3, -0.25) is 0 Å². The molecule has 1 saturated carbocycles. The van der Waals surface area contributed by atoms with Crippen LogP contribution < -0.4 is 0 Å². The molecule has 0 spiro atoms. The lowest BCUT2D eigenvalue weighted by atomic mass is 9.87. The molecule has 0 heteroatoms. The van der Waals surface area contributed by atoms with Crippen molar-refractivity contribution < 1.29 is 0 Å². The molecule has 1 unspecified atom stereocenters. The summed E-state index contributed by atoms with van der Waals surface area (Å²) in [5, 5.41) is 0. The fourth-order valence-electron chi connectivity index (χ4n) is 3.38. The highest BCUT2D eigenvalue weighted by Crippen LogP contribution is 2.45. The van der Waals surface area contributed by atoms with Gasteiger partial charge in [0.2, 0.25) is 0 Å². The van der Waals surface area contributed by atoms with Crippen LogP contribution in [0.3, 0.4) is 0 Å². The monoisotopic (exact) mass is 204 g/mol. The lowest BCUT2D eigenvalue weighted by Crippen LogP contribution is -2.09. The highest BCUT2D eigenvalue weighted by Gasteiger charge is 2.33. The lowest BCUT2D eigenvalue weighted by Gasteiger charge is -2.18. The van der Waals surface area contributed by atoms with E-state index >= 15 is 0 Å². The number of allylic oxidation sites excluding steroid dienone is 3. The second-order valence-corrected chi connectivity index (χ2v) is 5.76. The Hall–Kier alpha value is -0.520. The molecular weight excluding hydrogens is 180 g/mol. The van der Waals surface area contributed by atoms with E-state index in [1.54, 1.807) is 5.57 Å². The minimum atomic E-state index is 0.660. The highest BCUT2D eigenvalue weighted by atomic mass is 14.4. The van der Waals surface area contributed by atoms with Gasteiger partial charge in [0.1, 0.15) is 0 Å². The largest absolute Gasteiger partial charge is 0.0995 e. The van der Waals surface area contributed by atoms with Crippen LogP contribution in [0.1, 0.15) is 46.5 Å². The van der Waals surface area contributed by atoms with E-state index in [1.165, 1.54) is 31.3 Å². The Bertz CT molecular complexity index is 284. The molecule has 2 aliphatic carbocycles. The van der Waals surface area contributed by atoms with Crippen molar-refractivity contribution in [1.29, 1.82) is 0 Å². The van der Waals surface area contributed by atoms with Gasteiger partial charge < -0.3 is 0 Å². The van der Waals surface area contributed by atoms with E-state index in [1.807, 2.05) is 0 Å². The van der Waals surface area contributed by atoms with E-state index < -0.39 is 0 Å². The quantitative estimate of drug-likeness (QED) is 0.548. The third kappa shape index (κ3) is 2.04. The van der Waals surface area contributed by atoms with Gasteiger partial charge in [0.15, 0.2) is 0 Å². The first kappa shape index (κ1) is 11.0. The molecule has 0 heterocycles. The van der Waals surface area contributed by atoms with Crippen molar-refractivity contribution in [3.8, 4) is 0 Å². The standard InChI is InChI=1S/C15H24/c1-10(2)13-7-5-11(3)14-8-6-12(4)15(14)9-13/h9,11-14H,1,5-8H2,2-4H3/t11-,12?,13-,14-/m1/s1. The molecule has 0 saturated heterocycles. The molecular formula is C15H24. The molecule has 0 aromatic heterocycles. The van der Waals surface area contributed by atoms with Gasteiger partial charge in [0.05, 0.1) is 0 Å². The maximum atomic E-state index is 4.14. The zero-order valence-corrected chi connectivity index (χ0v) is 10.4. The van der Waals surface area contributed by atoms with Crippen molar-refractivity contribution in [2.75, 3.05) is 0 Å². The summed E-state index contributed by atoms with van der Waals surface area (Å²) in [7, 11) is 0. The third-order valence-corrected chi connectivity index (χ3v) is 4.55. The molecule has 0 aromatic rings. The van der Waals surface area contributed by atoms with E-state index in [-0.39, 0.29) is 0 Å². The Kier molecular flexibility index (Phi) is 3.04. The molecule has 0 aromatic carbocycles. The molecule has 2 aliphatic rings. The molecule has 0 aliphatic heterocycles. The minimum Gasteiger partial charge on any atom is -0.0995 e. The van der Waals surface area contributed by atoms with Crippen LogP contribution in [0.2, 0.25) is 0 Å². The number of rotatable bonds is 1. The van der Waals surface area contributed by atoms with E-state index in [0.717, 1.165) is 17.8 Å². The van der Waals surface area contributed by atoms with Crippen molar-refractivity contribution in [3.05, 3.63) is 23.8 Å². The first-order valence-corrected chi connectivity index (χ1v) is 6.46. The first-order valence-electron chi connectivity index (χ1n) is 6.46. The van der Waals surface area contributed by atoms with Gasteiger partial charge >= 0.3 is 0 Å². The molecule has 84 valence electrons. The van der Waals surface area contributed by atoms with E-state index in [0.29, 0.717) is 5.92 Å². The van der Waals surface area contributed by atoms with Crippen molar-refractivity contribution in [2.45, 2.75) is 46.5 Å². The average Bonchev–Trinajstić information content (AvgIpc) is 2.43. The molecule has 15 heavy (non-hydrogen) atoms. The van der Waals surface area contributed by atoms with Crippen LogP contribution in [0.25, 0.3) is 0 Å². The topological polar surface area (TPSA) is 0 Å². The van der Waals surface area contributed by atoms with Crippen molar-refractivity contribution in [2.24, 2.45) is 23.7 Å². The SMILES string of the molecule is C=C(C)[C@H]1C=C2C(C)CC[C@@H]2[C@H](C)CC1. The molecule has 4 atom stereocenters. The van der Waals surface area contributed by atoms with Gasteiger partial charge in [-0.2, -0.15) is 0 Å². The molecule has 0 amide bonds. The van der Waals surface area contributed by atoms with Crippen molar-refractivity contribution in [3.63, 3.8) is 0 Å². The van der Waals surface area contributed by atoms with Crippen molar-refractivity contribution >= 4 is 0 Å². The maximum absolute atomic E-state index is 4.14. The molecule has 0 nitrogen and oxygen atoms in total. The highest BCUT2D eigenvalue weighted by molar-refractivity contribution is 5.22. The van der Waals surface area contributed by atoms with Gasteiger partial charge in [0.25, 0.3) is 0 Å². The molecule has 0 radical (unpaired) electrons.